The van der Waals surface area contributed by atoms with E-state index >= 15 is 0 Å². The first-order valence-electron chi connectivity index (χ1n) is 10.9. The lowest BCUT2D eigenvalue weighted by Gasteiger charge is -2.47. The Kier molecular flexibility index (Phi) is 6.67. The van der Waals surface area contributed by atoms with E-state index in [1.165, 1.54) is 26.0 Å². The van der Waals surface area contributed by atoms with Crippen LogP contribution in [0, 0.1) is 0 Å². The summed E-state index contributed by atoms with van der Waals surface area (Å²) in [5.74, 6) is -3.15. The zero-order chi connectivity index (χ0) is 24.6. The number of nitrogens with zero attached hydrogens (tertiary/aromatic N) is 1. The van der Waals surface area contributed by atoms with Crippen LogP contribution in [-0.4, -0.2) is 84.4 Å². The molecule has 34 heavy (non-hydrogen) atoms. The Morgan fingerprint density at radius 1 is 0.912 bits per heavy atom. The molecule has 3 aliphatic rings. The zero-order valence-corrected chi connectivity index (χ0v) is 18.9. The molecule has 0 unspecified atom stereocenters. The molecule has 6 atom stereocenters. The molecule has 0 radical (unpaired) electrons. The van der Waals surface area contributed by atoms with Gasteiger partial charge < -0.3 is 23.7 Å². The lowest BCUT2D eigenvalue weighted by atomic mass is 9.88. The predicted octanol–water partition coefficient (Wildman–Crippen LogP) is 0.634. The minimum Gasteiger partial charge on any atom is -0.463 e. The number of benzene rings is 1. The molecule has 1 aromatic carbocycles. The van der Waals surface area contributed by atoms with Gasteiger partial charge in [-0.2, -0.15) is 0 Å². The Morgan fingerprint density at radius 2 is 1.47 bits per heavy atom. The van der Waals surface area contributed by atoms with Crippen LogP contribution >= 0.6 is 0 Å². The minimum absolute atomic E-state index is 0.180. The summed E-state index contributed by atoms with van der Waals surface area (Å²) in [5.41, 5.74) is 0.420. The number of epoxide rings is 1. The molecule has 0 bridgehead atoms. The standard InChI is InChI=1S/C23H25NO10/c1-11(25)30-10-18-20(32-12(2)26)21(33-13(3)27)19(17(34-18)8-14-9-31-14)24-22(28)15-6-4-5-7-16(15)23(24)29/h4-7,14,17-21H,8-10H2,1-3H3/t14-,17+,18-,19+,20-,21-/m1/s1. The van der Waals surface area contributed by atoms with Gasteiger partial charge in [0, 0.05) is 27.2 Å². The highest BCUT2D eigenvalue weighted by Gasteiger charge is 2.57. The van der Waals surface area contributed by atoms with Crippen LogP contribution in [0.2, 0.25) is 0 Å². The molecule has 3 heterocycles. The van der Waals surface area contributed by atoms with Crippen molar-refractivity contribution in [1.82, 2.24) is 4.90 Å². The summed E-state index contributed by atoms with van der Waals surface area (Å²) >= 11 is 0. The van der Waals surface area contributed by atoms with Gasteiger partial charge in [0.15, 0.2) is 12.2 Å². The Morgan fingerprint density at radius 3 is 1.97 bits per heavy atom. The lowest BCUT2D eigenvalue weighted by molar-refractivity contribution is -0.231. The van der Waals surface area contributed by atoms with Crippen LogP contribution in [0.15, 0.2) is 24.3 Å². The monoisotopic (exact) mass is 475 g/mol. The van der Waals surface area contributed by atoms with Gasteiger partial charge in [0.25, 0.3) is 11.8 Å². The van der Waals surface area contributed by atoms with Gasteiger partial charge in [-0.15, -0.1) is 0 Å². The summed E-state index contributed by atoms with van der Waals surface area (Å²) in [4.78, 5) is 63.1. The third-order valence-corrected chi connectivity index (χ3v) is 5.83. The SMILES string of the molecule is CC(=O)OC[C@H]1O[C@@H](C[C@@H]2CO2)[C@H](N2C(=O)c3ccccc3C2=O)[C@@H](OC(C)=O)[C@@H]1OC(C)=O. The summed E-state index contributed by atoms with van der Waals surface area (Å²) < 4.78 is 27.6. The van der Waals surface area contributed by atoms with Gasteiger partial charge in [-0.05, 0) is 12.1 Å². The number of carbonyl (C=O) groups excluding carboxylic acids is 5. The first-order valence-corrected chi connectivity index (χ1v) is 10.9. The number of imide groups is 1. The molecule has 0 spiro atoms. The van der Waals surface area contributed by atoms with Gasteiger partial charge in [-0.25, -0.2) is 0 Å². The van der Waals surface area contributed by atoms with Crippen molar-refractivity contribution in [2.75, 3.05) is 13.2 Å². The third kappa shape index (κ3) is 4.80. The molecule has 2 saturated heterocycles. The minimum atomic E-state index is -1.26. The Labute approximate surface area is 195 Å². The number of rotatable bonds is 7. The molecule has 11 nitrogen and oxygen atoms in total. The second kappa shape index (κ2) is 9.51. The third-order valence-electron chi connectivity index (χ3n) is 5.83. The topological polar surface area (TPSA) is 138 Å². The summed E-state index contributed by atoms with van der Waals surface area (Å²) in [7, 11) is 0. The van der Waals surface area contributed by atoms with Crippen LogP contribution in [0.4, 0.5) is 0 Å². The van der Waals surface area contributed by atoms with E-state index in [4.69, 9.17) is 23.7 Å². The van der Waals surface area contributed by atoms with Crippen LogP contribution < -0.4 is 0 Å². The quantitative estimate of drug-likeness (QED) is 0.239. The Hall–Kier alpha value is -3.31. The fourth-order valence-electron chi connectivity index (χ4n) is 4.45. The maximum Gasteiger partial charge on any atom is 0.303 e. The van der Waals surface area contributed by atoms with Crippen molar-refractivity contribution in [2.24, 2.45) is 0 Å². The number of hydrogen-bond donors (Lipinski definition) is 0. The first-order chi connectivity index (χ1) is 16.2. The van der Waals surface area contributed by atoms with E-state index in [0.717, 1.165) is 11.8 Å². The van der Waals surface area contributed by atoms with Crippen LogP contribution in [0.25, 0.3) is 0 Å². The van der Waals surface area contributed by atoms with Crippen molar-refractivity contribution in [1.29, 1.82) is 0 Å². The van der Waals surface area contributed by atoms with Crippen molar-refractivity contribution >= 4 is 29.7 Å². The van der Waals surface area contributed by atoms with E-state index in [9.17, 15) is 24.0 Å². The summed E-state index contributed by atoms with van der Waals surface area (Å²) in [6.07, 6.45) is -4.26. The maximum absolute atomic E-state index is 13.3. The fourth-order valence-corrected chi connectivity index (χ4v) is 4.45. The molecular weight excluding hydrogens is 450 g/mol. The Bertz CT molecular complexity index is 984. The van der Waals surface area contributed by atoms with Gasteiger partial charge >= 0.3 is 17.9 Å². The van der Waals surface area contributed by atoms with E-state index in [2.05, 4.69) is 0 Å². The van der Waals surface area contributed by atoms with Gasteiger partial charge in [-0.1, -0.05) is 12.1 Å². The van der Waals surface area contributed by atoms with Crippen molar-refractivity contribution in [3.05, 3.63) is 35.4 Å². The van der Waals surface area contributed by atoms with E-state index in [1.54, 1.807) is 12.1 Å². The zero-order valence-electron chi connectivity index (χ0n) is 18.9. The molecule has 2 amide bonds. The van der Waals surface area contributed by atoms with E-state index in [1.807, 2.05) is 0 Å². The second-order valence-corrected chi connectivity index (χ2v) is 8.37. The highest BCUT2D eigenvalue weighted by molar-refractivity contribution is 6.21. The van der Waals surface area contributed by atoms with Crippen molar-refractivity contribution in [2.45, 2.75) is 63.8 Å². The van der Waals surface area contributed by atoms with Gasteiger partial charge in [-0.3, -0.25) is 28.9 Å². The second-order valence-electron chi connectivity index (χ2n) is 8.37. The molecule has 0 aliphatic carbocycles. The lowest BCUT2D eigenvalue weighted by Crippen LogP contribution is -2.67. The number of hydrogen-bond acceptors (Lipinski definition) is 10. The number of fused-ring (bicyclic) bond motifs is 1. The molecule has 182 valence electrons. The van der Waals surface area contributed by atoms with Crippen LogP contribution in [-0.2, 0) is 38.1 Å². The first kappa shape index (κ1) is 23.8. The molecule has 0 N–H and O–H groups in total. The smallest absolute Gasteiger partial charge is 0.303 e. The molecule has 3 aliphatic heterocycles. The van der Waals surface area contributed by atoms with Gasteiger partial charge in [0.1, 0.15) is 18.8 Å². The number of ether oxygens (including phenoxy) is 5. The van der Waals surface area contributed by atoms with E-state index in [0.29, 0.717) is 6.61 Å². The average molecular weight is 475 g/mol. The highest BCUT2D eigenvalue weighted by Crippen LogP contribution is 2.37. The summed E-state index contributed by atoms with van der Waals surface area (Å²) in [5, 5.41) is 0. The van der Waals surface area contributed by atoms with Crippen LogP contribution in [0.5, 0.6) is 0 Å². The normalized spacial score (nSPS) is 29.9. The molecule has 2 fully saturated rings. The van der Waals surface area contributed by atoms with Gasteiger partial charge in [0.2, 0.25) is 0 Å². The summed E-state index contributed by atoms with van der Waals surface area (Å²) in [6, 6.07) is 5.23. The molecule has 4 rings (SSSR count). The van der Waals surface area contributed by atoms with Crippen LogP contribution in [0.3, 0.4) is 0 Å². The average Bonchev–Trinajstić information content (AvgIpc) is 3.55. The Balaban J connectivity index is 1.76. The number of carbonyl (C=O) groups is 5. The highest BCUT2D eigenvalue weighted by atomic mass is 16.6. The van der Waals surface area contributed by atoms with E-state index in [-0.39, 0.29) is 30.3 Å². The molecule has 0 saturated carbocycles. The number of esters is 3. The van der Waals surface area contributed by atoms with E-state index < -0.39 is 60.2 Å². The molecule has 0 aromatic heterocycles. The van der Waals surface area contributed by atoms with Crippen LogP contribution in [0.1, 0.15) is 47.9 Å². The molecular formula is C23H25NO10. The largest absolute Gasteiger partial charge is 0.463 e. The predicted molar refractivity (Wildman–Crippen MR) is 111 cm³/mol. The van der Waals surface area contributed by atoms with Crippen molar-refractivity contribution < 1.29 is 47.7 Å². The van der Waals surface area contributed by atoms with Crippen molar-refractivity contribution in [3.8, 4) is 0 Å². The summed E-state index contributed by atoms with van der Waals surface area (Å²) in [6.45, 7) is 3.72. The number of amides is 2. The van der Waals surface area contributed by atoms with Gasteiger partial charge in [0.05, 0.1) is 29.9 Å². The fraction of sp³-hybridized carbons (Fsp3) is 0.522. The maximum atomic E-state index is 13.3. The molecule has 1 aromatic rings. The van der Waals surface area contributed by atoms with Crippen molar-refractivity contribution in [3.63, 3.8) is 0 Å². The molecule has 11 heteroatoms.